The Morgan fingerprint density at radius 3 is 2.40 bits per heavy atom. The van der Waals surface area contributed by atoms with Crippen LogP contribution in [0.4, 0.5) is 10.1 Å². The van der Waals surface area contributed by atoms with Crippen molar-refractivity contribution >= 4 is 12.0 Å². The second-order valence-electron chi connectivity index (χ2n) is 10.6. The zero-order valence-electron chi connectivity index (χ0n) is 21.1. The third-order valence-corrected chi connectivity index (χ3v) is 8.43. The van der Waals surface area contributed by atoms with Crippen molar-refractivity contribution in [3.8, 4) is 5.75 Å². The summed E-state index contributed by atoms with van der Waals surface area (Å²) in [5.74, 6) is 0.0327. The van der Waals surface area contributed by atoms with Gasteiger partial charge in [-0.25, -0.2) is 9.38 Å². The lowest BCUT2D eigenvalue weighted by Gasteiger charge is -2.50. The van der Waals surface area contributed by atoms with Crippen molar-refractivity contribution in [1.29, 1.82) is 0 Å². The highest BCUT2D eigenvalue weighted by molar-refractivity contribution is 5.59. The van der Waals surface area contributed by atoms with Crippen molar-refractivity contribution in [3.63, 3.8) is 0 Å². The summed E-state index contributed by atoms with van der Waals surface area (Å²) in [5.41, 5.74) is 2.40. The number of aliphatic imine (C=N–C) groups is 1. The Morgan fingerprint density at radius 1 is 0.971 bits per heavy atom. The molecule has 1 atom stereocenters. The highest BCUT2D eigenvalue weighted by Crippen LogP contribution is 2.37. The van der Waals surface area contributed by atoms with Crippen molar-refractivity contribution < 1.29 is 9.13 Å². The molecule has 2 fully saturated rings. The number of nitrogens with zero attached hydrogens (tertiary/aromatic N) is 4. The molecule has 2 aromatic carbocycles. The smallest absolute Gasteiger partial charge is 0.180 e. The summed E-state index contributed by atoms with van der Waals surface area (Å²) in [6.45, 7) is 4.68. The Kier molecular flexibility index (Phi) is 7.69. The number of halogens is 1. The monoisotopic (exact) mass is 479 g/mol. The first kappa shape index (κ1) is 24.3. The largest absolute Gasteiger partial charge is 0.494 e. The maximum atomic E-state index is 15.0. The zero-order chi connectivity index (χ0) is 24.1. The zero-order valence-corrected chi connectivity index (χ0v) is 21.1. The molecule has 0 radical (unpaired) electrons. The molecule has 6 heteroatoms. The quantitative estimate of drug-likeness (QED) is 0.388. The van der Waals surface area contributed by atoms with Crippen LogP contribution in [0.3, 0.4) is 0 Å². The number of quaternary nitrogens is 1. The van der Waals surface area contributed by atoms with Crippen molar-refractivity contribution in [2.75, 3.05) is 33.5 Å². The molecule has 2 aromatic rings. The van der Waals surface area contributed by atoms with Crippen LogP contribution in [0.2, 0.25) is 0 Å². The molecule has 0 spiro atoms. The number of hydrogen-bond donors (Lipinski definition) is 0. The summed E-state index contributed by atoms with van der Waals surface area (Å²) >= 11 is 0. The molecule has 1 unspecified atom stereocenters. The fraction of sp³-hybridized carbons (Fsp3) is 0.552. The van der Waals surface area contributed by atoms with E-state index in [9.17, 15) is 4.39 Å². The first-order valence-electron chi connectivity index (χ1n) is 13.4. The third-order valence-electron chi connectivity index (χ3n) is 8.43. The fourth-order valence-electron chi connectivity index (χ4n) is 6.41. The van der Waals surface area contributed by atoms with Gasteiger partial charge in [-0.15, -0.1) is 0 Å². The summed E-state index contributed by atoms with van der Waals surface area (Å²) in [5, 5.41) is 0. The van der Waals surface area contributed by atoms with E-state index in [1.165, 1.54) is 51.2 Å². The van der Waals surface area contributed by atoms with Gasteiger partial charge in [-0.2, -0.15) is 0 Å². The highest BCUT2D eigenvalue weighted by atomic mass is 19.1. The van der Waals surface area contributed by atoms with E-state index in [4.69, 9.17) is 9.73 Å². The van der Waals surface area contributed by atoms with Gasteiger partial charge in [-0.3, -0.25) is 9.38 Å². The molecule has 0 amide bonds. The number of hydrogen-bond acceptors (Lipinski definition) is 4. The van der Waals surface area contributed by atoms with Gasteiger partial charge in [0, 0.05) is 50.7 Å². The molecule has 188 valence electrons. The van der Waals surface area contributed by atoms with Crippen LogP contribution in [-0.4, -0.2) is 61.8 Å². The first-order valence-corrected chi connectivity index (χ1v) is 13.4. The molecule has 0 N–H and O–H groups in total. The van der Waals surface area contributed by atoms with Gasteiger partial charge in [0.05, 0.1) is 19.5 Å². The molecule has 0 bridgehead atoms. The normalized spacial score (nSPS) is 24.9. The lowest BCUT2D eigenvalue weighted by atomic mass is 9.98. The predicted octanol–water partition coefficient (Wildman–Crippen LogP) is 5.79. The Morgan fingerprint density at radius 2 is 1.71 bits per heavy atom. The maximum absolute atomic E-state index is 15.0. The Labute approximate surface area is 209 Å². The molecule has 5 nitrogen and oxygen atoms in total. The topological polar surface area (TPSA) is 28.1 Å². The van der Waals surface area contributed by atoms with Crippen molar-refractivity contribution in [2.45, 2.75) is 70.0 Å². The molecular weight excluding hydrogens is 439 g/mol. The maximum Gasteiger partial charge on any atom is 0.180 e. The minimum absolute atomic E-state index is 0.278. The Balaban J connectivity index is 1.39. The molecule has 2 aliphatic heterocycles. The van der Waals surface area contributed by atoms with Gasteiger partial charge in [0.2, 0.25) is 0 Å². The van der Waals surface area contributed by atoms with Crippen molar-refractivity contribution in [3.05, 3.63) is 59.9 Å². The Bertz CT molecular complexity index is 983. The molecular formula is C29H40FN4O+. The van der Waals surface area contributed by atoms with Crippen LogP contribution in [0.15, 0.2) is 53.5 Å². The van der Waals surface area contributed by atoms with Crippen LogP contribution >= 0.6 is 0 Å². The molecule has 2 heterocycles. The van der Waals surface area contributed by atoms with Gasteiger partial charge in [0.25, 0.3) is 0 Å². The Hall–Kier alpha value is -2.44. The van der Waals surface area contributed by atoms with Crippen LogP contribution in [0, 0.1) is 5.82 Å². The van der Waals surface area contributed by atoms with E-state index in [1.54, 1.807) is 12.1 Å². The van der Waals surface area contributed by atoms with Crippen LogP contribution in [0.25, 0.3) is 0 Å². The summed E-state index contributed by atoms with van der Waals surface area (Å²) in [7, 11) is 1.53. The van der Waals surface area contributed by atoms with Crippen LogP contribution in [0.1, 0.15) is 56.9 Å². The molecule has 1 saturated carbocycles. The number of methoxy groups -OCH3 is 1. The van der Waals surface area contributed by atoms with E-state index in [2.05, 4.69) is 52.5 Å². The molecule has 0 aromatic heterocycles. The van der Waals surface area contributed by atoms with E-state index >= 15 is 0 Å². The summed E-state index contributed by atoms with van der Waals surface area (Å²) in [4.78, 5) is 9.99. The standard InChI is InChI=1S/C29H40FN4O/c1-35-29-14-13-27(19-28(29)30)34(22-31-21-33(23-34)25-11-7-2-3-8-12-25)26-15-17-32(18-16-26)20-24-9-5-4-6-10-24/h4-6,9-10,13-14,19,21,25-26H,2-3,7-8,11-12,15-18,20,22-23H2,1H3/q+1. The number of ether oxygens (including phenoxy) is 1. The first-order chi connectivity index (χ1) is 17.2. The van der Waals surface area contributed by atoms with Gasteiger partial charge >= 0.3 is 0 Å². The minimum atomic E-state index is -0.278. The number of likely N-dealkylation sites (tertiary alicyclic amines) is 1. The van der Waals surface area contributed by atoms with Crippen LogP contribution < -0.4 is 9.22 Å². The van der Waals surface area contributed by atoms with Crippen molar-refractivity contribution in [1.82, 2.24) is 14.3 Å². The number of piperidine rings is 1. The van der Waals surface area contributed by atoms with Gasteiger partial charge in [0.1, 0.15) is 5.69 Å². The minimum Gasteiger partial charge on any atom is -0.494 e. The third kappa shape index (κ3) is 5.39. The van der Waals surface area contributed by atoms with Gasteiger partial charge in [-0.05, 0) is 24.5 Å². The molecule has 1 saturated heterocycles. The second kappa shape index (κ2) is 11.1. The summed E-state index contributed by atoms with van der Waals surface area (Å²) < 4.78 is 20.9. The van der Waals surface area contributed by atoms with E-state index < -0.39 is 0 Å². The van der Waals surface area contributed by atoms with E-state index in [0.29, 0.717) is 29.0 Å². The SMILES string of the molecule is COc1ccc([N+]2(C3CCN(Cc4ccccc4)CC3)CN=CN(C3CCCCCC3)C2)cc1F. The average molecular weight is 480 g/mol. The van der Waals surface area contributed by atoms with E-state index in [1.807, 2.05) is 0 Å². The van der Waals surface area contributed by atoms with Crippen LogP contribution in [-0.2, 0) is 6.54 Å². The second-order valence-corrected chi connectivity index (χ2v) is 10.6. The molecule has 1 aliphatic carbocycles. The molecule has 35 heavy (non-hydrogen) atoms. The summed E-state index contributed by atoms with van der Waals surface area (Å²) in [6.07, 6.45) is 12.0. The highest BCUT2D eigenvalue weighted by Gasteiger charge is 2.45. The predicted molar refractivity (Wildman–Crippen MR) is 141 cm³/mol. The van der Waals surface area contributed by atoms with E-state index in [0.717, 1.165) is 44.8 Å². The molecule has 5 rings (SSSR count). The lowest BCUT2D eigenvalue weighted by Crippen LogP contribution is -2.66. The summed E-state index contributed by atoms with van der Waals surface area (Å²) in [6, 6.07) is 17.3. The van der Waals surface area contributed by atoms with Gasteiger partial charge in [0.15, 0.2) is 24.9 Å². The average Bonchev–Trinajstić information content (AvgIpc) is 3.19. The van der Waals surface area contributed by atoms with Crippen molar-refractivity contribution in [2.24, 2.45) is 4.99 Å². The number of rotatable bonds is 6. The fourth-order valence-corrected chi connectivity index (χ4v) is 6.41. The van der Waals surface area contributed by atoms with Crippen LogP contribution in [0.5, 0.6) is 5.75 Å². The number of benzene rings is 2. The van der Waals surface area contributed by atoms with E-state index in [-0.39, 0.29) is 5.82 Å². The lowest BCUT2D eigenvalue weighted by molar-refractivity contribution is 0.0605. The molecule has 3 aliphatic rings. The van der Waals surface area contributed by atoms with Gasteiger partial charge in [-0.1, -0.05) is 56.0 Å². The van der Waals surface area contributed by atoms with Gasteiger partial charge < -0.3 is 9.64 Å².